The minimum atomic E-state index is -4.01. The van der Waals surface area contributed by atoms with E-state index in [1.54, 1.807) is 0 Å². The number of ether oxygens (including phenoxy) is 2. The van der Waals surface area contributed by atoms with Crippen LogP contribution in [0.4, 0.5) is 4.79 Å². The summed E-state index contributed by atoms with van der Waals surface area (Å²) in [5.74, 6) is -0.0254. The summed E-state index contributed by atoms with van der Waals surface area (Å²) in [6.45, 7) is 4.51. The summed E-state index contributed by atoms with van der Waals surface area (Å²) in [6.07, 6.45) is -1.39. The van der Waals surface area contributed by atoms with Crippen LogP contribution in [0.15, 0.2) is 53.4 Å². The van der Waals surface area contributed by atoms with E-state index >= 15 is 0 Å². The fraction of sp³-hybridized carbons (Fsp3) is 0.480. The number of nitrogens with one attached hydrogen (secondary N) is 1. The van der Waals surface area contributed by atoms with E-state index in [0.717, 1.165) is 5.56 Å². The van der Waals surface area contributed by atoms with Crippen molar-refractivity contribution in [2.45, 2.75) is 49.8 Å². The number of benzene rings is 2. The van der Waals surface area contributed by atoms with Gasteiger partial charge >= 0.3 is 6.09 Å². The number of carbonyl (C=O) groups is 1. The Morgan fingerprint density at radius 3 is 2.50 bits per heavy atom. The van der Waals surface area contributed by atoms with E-state index in [1.807, 2.05) is 44.2 Å². The molecule has 0 bridgehead atoms. The second-order valence-electron chi connectivity index (χ2n) is 9.19. The Morgan fingerprint density at radius 1 is 1.17 bits per heavy atom. The average Bonchev–Trinajstić information content (AvgIpc) is 3.33. The molecular formula is C25H32Cl2N2O6S. The van der Waals surface area contributed by atoms with Crippen LogP contribution in [0.2, 0.25) is 10.0 Å². The maximum atomic E-state index is 13.5. The molecule has 3 atom stereocenters. The summed E-state index contributed by atoms with van der Waals surface area (Å²) in [4.78, 5) is 12.6. The molecule has 1 fully saturated rings. The highest BCUT2D eigenvalue weighted by Gasteiger charge is 2.32. The summed E-state index contributed by atoms with van der Waals surface area (Å²) < 4.78 is 38.8. The van der Waals surface area contributed by atoms with Crippen LogP contribution in [0, 0.1) is 5.92 Å². The van der Waals surface area contributed by atoms with Crippen LogP contribution in [0.3, 0.4) is 0 Å². The molecule has 0 saturated carbocycles. The van der Waals surface area contributed by atoms with Gasteiger partial charge in [-0.25, -0.2) is 13.2 Å². The highest BCUT2D eigenvalue weighted by Crippen LogP contribution is 2.27. The maximum Gasteiger partial charge on any atom is 0.407 e. The molecular weight excluding hydrogens is 527 g/mol. The first-order valence-corrected chi connectivity index (χ1v) is 14.0. The molecule has 1 saturated heterocycles. The van der Waals surface area contributed by atoms with Gasteiger partial charge in [0.05, 0.1) is 40.3 Å². The van der Waals surface area contributed by atoms with Crippen molar-refractivity contribution in [3.63, 3.8) is 0 Å². The molecule has 8 nitrogen and oxygen atoms in total. The zero-order valence-electron chi connectivity index (χ0n) is 20.3. The van der Waals surface area contributed by atoms with Crippen molar-refractivity contribution < 1.29 is 27.8 Å². The predicted octanol–water partition coefficient (Wildman–Crippen LogP) is 4.13. The topological polar surface area (TPSA) is 105 Å². The molecule has 1 amide bonds. The van der Waals surface area contributed by atoms with Gasteiger partial charge < -0.3 is 19.9 Å². The molecule has 11 heteroatoms. The summed E-state index contributed by atoms with van der Waals surface area (Å²) in [5, 5.41) is 14.3. The van der Waals surface area contributed by atoms with Gasteiger partial charge in [0.15, 0.2) is 0 Å². The van der Waals surface area contributed by atoms with E-state index in [4.69, 9.17) is 32.7 Å². The third-order valence-electron chi connectivity index (χ3n) is 5.72. The molecule has 0 aliphatic carbocycles. The Kier molecular flexibility index (Phi) is 10.4. The van der Waals surface area contributed by atoms with E-state index in [1.165, 1.54) is 22.5 Å². The van der Waals surface area contributed by atoms with Crippen LogP contribution in [-0.4, -0.2) is 68.5 Å². The minimum absolute atomic E-state index is 0.0254. The Morgan fingerprint density at radius 2 is 1.89 bits per heavy atom. The Hall–Kier alpha value is -1.88. The maximum absolute atomic E-state index is 13.5. The van der Waals surface area contributed by atoms with Gasteiger partial charge in [0.1, 0.15) is 6.10 Å². The molecule has 36 heavy (non-hydrogen) atoms. The molecule has 0 spiro atoms. The third-order valence-corrected chi connectivity index (χ3v) is 8.28. The van der Waals surface area contributed by atoms with Gasteiger partial charge in [0.25, 0.3) is 0 Å². The molecule has 1 aliphatic heterocycles. The Labute approximate surface area is 222 Å². The van der Waals surface area contributed by atoms with Crippen LogP contribution in [0.25, 0.3) is 0 Å². The zero-order valence-corrected chi connectivity index (χ0v) is 22.6. The van der Waals surface area contributed by atoms with E-state index < -0.39 is 28.3 Å². The largest absolute Gasteiger partial charge is 0.444 e. The molecule has 2 aromatic rings. The van der Waals surface area contributed by atoms with Crippen LogP contribution in [0.5, 0.6) is 0 Å². The van der Waals surface area contributed by atoms with Crippen molar-refractivity contribution in [3.8, 4) is 0 Å². The fourth-order valence-electron chi connectivity index (χ4n) is 3.89. The number of carbonyl (C=O) groups excluding carboxylic acids is 1. The first-order chi connectivity index (χ1) is 17.1. The molecule has 0 aromatic heterocycles. The Bertz CT molecular complexity index is 1110. The number of hydrogen-bond donors (Lipinski definition) is 2. The average molecular weight is 560 g/mol. The second kappa shape index (κ2) is 13.1. The number of amides is 1. The van der Waals surface area contributed by atoms with Gasteiger partial charge in [-0.15, -0.1) is 0 Å². The molecule has 2 aromatic carbocycles. The van der Waals surface area contributed by atoms with E-state index in [9.17, 15) is 18.3 Å². The molecule has 2 N–H and O–H groups in total. The minimum Gasteiger partial charge on any atom is -0.444 e. The fourth-order valence-corrected chi connectivity index (χ4v) is 5.91. The van der Waals surface area contributed by atoms with Crippen molar-refractivity contribution in [3.05, 3.63) is 64.1 Å². The molecule has 0 radical (unpaired) electrons. The van der Waals surface area contributed by atoms with E-state index in [-0.39, 0.29) is 46.5 Å². The van der Waals surface area contributed by atoms with Crippen molar-refractivity contribution in [1.82, 2.24) is 9.62 Å². The lowest BCUT2D eigenvalue weighted by Crippen LogP contribution is -2.51. The van der Waals surface area contributed by atoms with E-state index in [2.05, 4.69) is 5.32 Å². The van der Waals surface area contributed by atoms with Gasteiger partial charge in [-0.1, -0.05) is 67.4 Å². The zero-order chi connectivity index (χ0) is 26.3. The van der Waals surface area contributed by atoms with Gasteiger partial charge in [0, 0.05) is 19.5 Å². The number of nitrogens with zero attached hydrogens (tertiary/aromatic N) is 1. The quantitative estimate of drug-likeness (QED) is 0.429. The highest BCUT2D eigenvalue weighted by molar-refractivity contribution is 7.89. The Balaban J connectivity index is 1.82. The summed E-state index contributed by atoms with van der Waals surface area (Å²) in [5.41, 5.74) is 0.869. The summed E-state index contributed by atoms with van der Waals surface area (Å²) in [7, 11) is -4.01. The lowest BCUT2D eigenvalue weighted by molar-refractivity contribution is 0.0644. The lowest BCUT2D eigenvalue weighted by atomic mass is 10.0. The SMILES string of the molecule is CC(C)CN(C[C@H](O)C(Cc1ccccc1)NC(=O)O[C@H]1CCOC1)S(=O)(=O)c1ccc(Cl)c(Cl)c1. The number of hydrogen-bond acceptors (Lipinski definition) is 6. The molecule has 3 rings (SSSR count). The molecule has 1 unspecified atom stereocenters. The molecule has 1 aliphatic rings. The predicted molar refractivity (Wildman–Crippen MR) is 139 cm³/mol. The number of aliphatic hydroxyl groups excluding tert-OH is 1. The molecule has 198 valence electrons. The summed E-state index contributed by atoms with van der Waals surface area (Å²) >= 11 is 12.0. The third kappa shape index (κ3) is 8.06. The van der Waals surface area contributed by atoms with Crippen LogP contribution >= 0.6 is 23.2 Å². The number of alkyl carbamates (subject to hydrolysis) is 1. The monoisotopic (exact) mass is 558 g/mol. The standard InChI is InChI=1S/C25H32Cl2N2O6S/c1-17(2)14-29(36(32,33)20-8-9-21(26)22(27)13-20)15-24(30)23(12-18-6-4-3-5-7-18)28-25(31)35-19-10-11-34-16-19/h3-9,13,17,19,23-24,30H,10-12,14-16H2,1-2H3,(H,28,31)/t19-,23?,24-/m0/s1. The van der Waals surface area contributed by atoms with Gasteiger partial charge in [-0.2, -0.15) is 4.31 Å². The van der Waals surface area contributed by atoms with Crippen LogP contribution in [-0.2, 0) is 25.9 Å². The van der Waals surface area contributed by atoms with Crippen LogP contribution in [0.1, 0.15) is 25.8 Å². The van der Waals surface area contributed by atoms with Crippen LogP contribution < -0.4 is 5.32 Å². The second-order valence-corrected chi connectivity index (χ2v) is 11.9. The van der Waals surface area contributed by atoms with Crippen molar-refractivity contribution in [2.75, 3.05) is 26.3 Å². The normalized spacial score (nSPS) is 17.8. The van der Waals surface area contributed by atoms with Crippen molar-refractivity contribution in [1.29, 1.82) is 0 Å². The molecule has 1 heterocycles. The number of halogens is 2. The van der Waals surface area contributed by atoms with Gasteiger partial charge in [-0.05, 0) is 36.1 Å². The lowest BCUT2D eigenvalue weighted by Gasteiger charge is -2.30. The first-order valence-electron chi connectivity index (χ1n) is 11.8. The van der Waals surface area contributed by atoms with Gasteiger partial charge in [-0.3, -0.25) is 0 Å². The summed E-state index contributed by atoms with van der Waals surface area (Å²) in [6, 6.07) is 12.6. The first kappa shape index (κ1) is 28.7. The highest BCUT2D eigenvalue weighted by atomic mass is 35.5. The van der Waals surface area contributed by atoms with Crippen molar-refractivity contribution >= 4 is 39.3 Å². The smallest absolute Gasteiger partial charge is 0.407 e. The van der Waals surface area contributed by atoms with Crippen molar-refractivity contribution in [2.24, 2.45) is 5.92 Å². The van der Waals surface area contributed by atoms with Gasteiger partial charge in [0.2, 0.25) is 10.0 Å². The number of rotatable bonds is 11. The van der Waals surface area contributed by atoms with E-state index in [0.29, 0.717) is 19.6 Å². The number of aliphatic hydroxyl groups is 1. The number of sulfonamides is 1.